The Morgan fingerprint density at radius 1 is 1.31 bits per heavy atom. The molecule has 1 rings (SSSR count). The summed E-state index contributed by atoms with van der Waals surface area (Å²) in [5, 5.41) is 0. The zero-order valence-electron chi connectivity index (χ0n) is 8.50. The van der Waals surface area contributed by atoms with Gasteiger partial charge in [-0.3, -0.25) is 4.79 Å². The van der Waals surface area contributed by atoms with E-state index in [0.29, 0.717) is 30.5 Å². The van der Waals surface area contributed by atoms with Gasteiger partial charge in [0.1, 0.15) is 5.69 Å². The fourth-order valence-electron chi connectivity index (χ4n) is 1.18. The number of rotatable bonds is 5. The summed E-state index contributed by atoms with van der Waals surface area (Å²) in [7, 11) is 0. The van der Waals surface area contributed by atoms with Crippen molar-refractivity contribution in [3.05, 3.63) is 28.5 Å². The second-order valence-corrected chi connectivity index (χ2v) is 4.70. The number of nitrogens with zero attached hydrogens (tertiary/aromatic N) is 2. The fraction of sp³-hybridized carbons (Fsp3) is 0.400. The minimum absolute atomic E-state index is 0.145. The van der Waals surface area contributed by atoms with Crippen LogP contribution in [-0.4, -0.2) is 40.6 Å². The Labute approximate surface area is 113 Å². The molecule has 1 heterocycles. The number of amides is 1. The van der Waals surface area contributed by atoms with Gasteiger partial charge in [0.25, 0.3) is 5.91 Å². The molecule has 0 atom stereocenters. The Hall–Kier alpha value is -0.320. The fourth-order valence-corrected chi connectivity index (χ4v) is 1.83. The Morgan fingerprint density at radius 2 is 1.94 bits per heavy atom. The normalized spacial score (nSPS) is 10.2. The summed E-state index contributed by atoms with van der Waals surface area (Å²) in [6.07, 6.45) is 1.59. The molecule has 0 bridgehead atoms. The second-order valence-electron chi connectivity index (χ2n) is 3.03. The lowest BCUT2D eigenvalue weighted by Gasteiger charge is -2.19. The highest BCUT2D eigenvalue weighted by atomic mass is 79.9. The Kier molecular flexibility index (Phi) is 6.09. The first kappa shape index (κ1) is 13.7. The van der Waals surface area contributed by atoms with Crippen molar-refractivity contribution in [2.75, 3.05) is 24.8 Å². The van der Waals surface area contributed by atoms with Crippen molar-refractivity contribution in [3.63, 3.8) is 0 Å². The molecule has 0 unspecified atom stereocenters. The number of halogens is 3. The Balaban J connectivity index is 2.77. The highest BCUT2D eigenvalue weighted by Gasteiger charge is 2.15. The molecule has 1 aromatic heterocycles. The third-order valence-corrected chi connectivity index (χ3v) is 2.75. The molecule has 0 aliphatic rings. The average molecular weight is 326 g/mol. The maximum Gasteiger partial charge on any atom is 0.272 e. The van der Waals surface area contributed by atoms with Gasteiger partial charge in [-0.05, 0) is 28.1 Å². The van der Waals surface area contributed by atoms with E-state index >= 15 is 0 Å². The Bertz CT molecular complexity index is 339. The number of carbonyl (C=O) groups excluding carboxylic acids is 1. The molecule has 0 aliphatic heterocycles. The second kappa shape index (κ2) is 7.09. The molecule has 1 aromatic rings. The van der Waals surface area contributed by atoms with E-state index in [9.17, 15) is 4.79 Å². The summed E-state index contributed by atoms with van der Waals surface area (Å²) in [6, 6.07) is 3.45. The minimum atomic E-state index is -0.145. The number of hydrogen-bond acceptors (Lipinski definition) is 2. The van der Waals surface area contributed by atoms with Crippen molar-refractivity contribution in [2.24, 2.45) is 0 Å². The molecule has 3 nitrogen and oxygen atoms in total. The standard InChI is InChI=1S/C10H11BrCl2N2O/c11-8-1-2-9(14-7-8)10(16)15(5-3-12)6-4-13/h1-2,7H,3-6H2. The average Bonchev–Trinajstić information content (AvgIpc) is 2.29. The third-order valence-electron chi connectivity index (χ3n) is 1.94. The van der Waals surface area contributed by atoms with Crippen LogP contribution in [0.25, 0.3) is 0 Å². The van der Waals surface area contributed by atoms with Crippen LogP contribution in [0.15, 0.2) is 22.8 Å². The minimum Gasteiger partial charge on any atom is -0.335 e. The number of hydrogen-bond donors (Lipinski definition) is 0. The van der Waals surface area contributed by atoms with Gasteiger partial charge in [-0.15, -0.1) is 23.2 Å². The van der Waals surface area contributed by atoms with E-state index in [4.69, 9.17) is 23.2 Å². The molecule has 0 aromatic carbocycles. The molecule has 0 fully saturated rings. The van der Waals surface area contributed by atoms with E-state index in [1.54, 1.807) is 23.2 Å². The lowest BCUT2D eigenvalue weighted by atomic mass is 10.3. The van der Waals surface area contributed by atoms with Gasteiger partial charge in [0, 0.05) is 35.5 Å². The highest BCUT2D eigenvalue weighted by molar-refractivity contribution is 9.10. The number of aromatic nitrogens is 1. The molecular weight excluding hydrogens is 315 g/mol. The van der Waals surface area contributed by atoms with E-state index in [1.807, 2.05) is 0 Å². The predicted octanol–water partition coefficient (Wildman–Crippen LogP) is 2.76. The van der Waals surface area contributed by atoms with Crippen LogP contribution in [0.1, 0.15) is 10.5 Å². The van der Waals surface area contributed by atoms with Crippen LogP contribution in [0.4, 0.5) is 0 Å². The quantitative estimate of drug-likeness (QED) is 0.780. The molecule has 0 N–H and O–H groups in total. The molecule has 0 saturated heterocycles. The van der Waals surface area contributed by atoms with Crippen molar-refractivity contribution in [3.8, 4) is 0 Å². The van der Waals surface area contributed by atoms with Crippen LogP contribution in [0.2, 0.25) is 0 Å². The van der Waals surface area contributed by atoms with Crippen molar-refractivity contribution in [1.82, 2.24) is 9.88 Å². The predicted molar refractivity (Wildman–Crippen MR) is 69.3 cm³/mol. The van der Waals surface area contributed by atoms with Crippen molar-refractivity contribution >= 4 is 45.0 Å². The maximum absolute atomic E-state index is 12.0. The lowest BCUT2D eigenvalue weighted by Crippen LogP contribution is -2.34. The van der Waals surface area contributed by atoms with Gasteiger partial charge >= 0.3 is 0 Å². The van der Waals surface area contributed by atoms with Gasteiger partial charge in [-0.1, -0.05) is 0 Å². The maximum atomic E-state index is 12.0. The van der Waals surface area contributed by atoms with Crippen molar-refractivity contribution in [1.29, 1.82) is 0 Å². The van der Waals surface area contributed by atoms with E-state index < -0.39 is 0 Å². The van der Waals surface area contributed by atoms with Crippen LogP contribution in [-0.2, 0) is 0 Å². The van der Waals surface area contributed by atoms with Gasteiger partial charge in [0.2, 0.25) is 0 Å². The molecule has 16 heavy (non-hydrogen) atoms. The summed E-state index contributed by atoms with van der Waals surface area (Å²) in [4.78, 5) is 17.6. The summed E-state index contributed by atoms with van der Waals surface area (Å²) >= 11 is 14.5. The van der Waals surface area contributed by atoms with Gasteiger partial charge in [-0.25, -0.2) is 4.98 Å². The lowest BCUT2D eigenvalue weighted by molar-refractivity contribution is 0.0769. The van der Waals surface area contributed by atoms with Crippen LogP contribution in [0, 0.1) is 0 Å². The summed E-state index contributed by atoms with van der Waals surface area (Å²) in [5.41, 5.74) is 0.401. The van der Waals surface area contributed by atoms with E-state index in [-0.39, 0.29) is 5.91 Å². The molecule has 0 aliphatic carbocycles. The molecule has 6 heteroatoms. The van der Waals surface area contributed by atoms with Crippen LogP contribution in [0.5, 0.6) is 0 Å². The monoisotopic (exact) mass is 324 g/mol. The molecule has 0 radical (unpaired) electrons. The van der Waals surface area contributed by atoms with Gasteiger partial charge < -0.3 is 4.90 Å². The Morgan fingerprint density at radius 3 is 2.38 bits per heavy atom. The van der Waals surface area contributed by atoms with Crippen LogP contribution >= 0.6 is 39.1 Å². The highest BCUT2D eigenvalue weighted by Crippen LogP contribution is 2.09. The third kappa shape index (κ3) is 3.92. The zero-order valence-corrected chi connectivity index (χ0v) is 11.6. The van der Waals surface area contributed by atoms with Gasteiger partial charge in [0.05, 0.1) is 0 Å². The van der Waals surface area contributed by atoms with Crippen LogP contribution in [0.3, 0.4) is 0 Å². The molecular formula is C10H11BrCl2N2O. The topological polar surface area (TPSA) is 33.2 Å². The summed E-state index contributed by atoms with van der Waals surface area (Å²) in [5.74, 6) is 0.631. The first-order valence-corrected chi connectivity index (χ1v) is 6.58. The molecule has 0 saturated carbocycles. The number of carbonyl (C=O) groups is 1. The SMILES string of the molecule is O=C(c1ccc(Br)cn1)N(CCCl)CCCl. The van der Waals surface area contributed by atoms with Crippen LogP contribution < -0.4 is 0 Å². The van der Waals surface area contributed by atoms with Crippen molar-refractivity contribution in [2.45, 2.75) is 0 Å². The van der Waals surface area contributed by atoms with Gasteiger partial charge in [0.15, 0.2) is 0 Å². The molecule has 0 spiro atoms. The summed E-state index contributed by atoms with van der Waals surface area (Å²) in [6.45, 7) is 0.954. The first-order chi connectivity index (χ1) is 7.69. The van der Waals surface area contributed by atoms with E-state index in [0.717, 1.165) is 4.47 Å². The smallest absolute Gasteiger partial charge is 0.272 e. The van der Waals surface area contributed by atoms with Gasteiger partial charge in [-0.2, -0.15) is 0 Å². The molecule has 88 valence electrons. The number of alkyl halides is 2. The summed E-state index contributed by atoms with van der Waals surface area (Å²) < 4.78 is 0.838. The largest absolute Gasteiger partial charge is 0.335 e. The zero-order chi connectivity index (χ0) is 12.0. The van der Waals surface area contributed by atoms with E-state index in [2.05, 4.69) is 20.9 Å². The number of pyridine rings is 1. The van der Waals surface area contributed by atoms with Crippen molar-refractivity contribution < 1.29 is 4.79 Å². The first-order valence-electron chi connectivity index (χ1n) is 4.71. The molecule has 1 amide bonds. The van der Waals surface area contributed by atoms with E-state index in [1.165, 1.54) is 0 Å².